The molecule has 0 bridgehead atoms. The number of hydrogen-bond acceptors (Lipinski definition) is 5. The lowest BCUT2D eigenvalue weighted by Gasteiger charge is -2.29. The highest BCUT2D eigenvalue weighted by Gasteiger charge is 2.38. The van der Waals surface area contributed by atoms with E-state index in [-0.39, 0.29) is 44.7 Å². The number of carbonyl (C=O) groups excluding carboxylic acids is 2. The molecule has 1 rings (SSSR count). The zero-order chi connectivity index (χ0) is 14.5. The number of morpholine rings is 1. The number of alkyl halides is 3. The number of esters is 1. The first kappa shape index (κ1) is 15.5. The zero-order valence-electron chi connectivity index (χ0n) is 10.3. The molecule has 5 nitrogen and oxygen atoms in total. The first-order valence-corrected chi connectivity index (χ1v) is 5.69. The number of rotatable bonds is 4. The largest absolute Gasteiger partial charge is 0.461 e. The summed E-state index contributed by atoms with van der Waals surface area (Å²) in [5, 5.41) is 0. The minimum Gasteiger partial charge on any atom is -0.461 e. The maximum Gasteiger partial charge on any atom is 0.454 e. The van der Waals surface area contributed by atoms with E-state index in [0.717, 1.165) is 0 Å². The van der Waals surface area contributed by atoms with Gasteiger partial charge in [0, 0.05) is 19.2 Å². The van der Waals surface area contributed by atoms with Crippen molar-refractivity contribution >= 4 is 11.8 Å². The van der Waals surface area contributed by atoms with Crippen molar-refractivity contribution in [2.45, 2.75) is 13.1 Å². The highest BCUT2D eigenvalue weighted by atomic mass is 19.4. The highest BCUT2D eigenvalue weighted by molar-refractivity contribution is 6.01. The van der Waals surface area contributed by atoms with Crippen molar-refractivity contribution in [1.82, 2.24) is 4.90 Å². The van der Waals surface area contributed by atoms with Crippen molar-refractivity contribution < 1.29 is 32.2 Å². The van der Waals surface area contributed by atoms with Crippen LogP contribution in [-0.4, -0.2) is 55.7 Å². The van der Waals surface area contributed by atoms with E-state index in [4.69, 9.17) is 4.74 Å². The predicted molar refractivity (Wildman–Crippen MR) is 58.2 cm³/mol. The zero-order valence-corrected chi connectivity index (χ0v) is 10.3. The second-order valence-corrected chi connectivity index (χ2v) is 3.71. The van der Waals surface area contributed by atoms with E-state index in [9.17, 15) is 22.8 Å². The van der Waals surface area contributed by atoms with Crippen molar-refractivity contribution in [3.05, 3.63) is 11.8 Å². The van der Waals surface area contributed by atoms with Gasteiger partial charge in [0.15, 0.2) is 0 Å². The van der Waals surface area contributed by atoms with Crippen LogP contribution in [0.5, 0.6) is 0 Å². The number of nitrogens with zero attached hydrogens (tertiary/aromatic N) is 1. The van der Waals surface area contributed by atoms with E-state index in [0.29, 0.717) is 0 Å². The van der Waals surface area contributed by atoms with Crippen LogP contribution >= 0.6 is 0 Å². The summed E-state index contributed by atoms with van der Waals surface area (Å²) in [5.74, 6) is -3.02. The second-order valence-electron chi connectivity index (χ2n) is 3.71. The van der Waals surface area contributed by atoms with Gasteiger partial charge in [0.25, 0.3) is 5.78 Å². The fourth-order valence-electron chi connectivity index (χ4n) is 1.49. The van der Waals surface area contributed by atoms with Crippen LogP contribution in [0.25, 0.3) is 0 Å². The summed E-state index contributed by atoms with van der Waals surface area (Å²) in [6.45, 7) is 2.56. The molecule has 1 heterocycles. The number of carbonyl (C=O) groups is 2. The Balaban J connectivity index is 2.94. The third-order valence-electron chi connectivity index (χ3n) is 2.38. The summed E-state index contributed by atoms with van der Waals surface area (Å²) in [7, 11) is 0. The summed E-state index contributed by atoms with van der Waals surface area (Å²) < 4.78 is 46.4. The molecule has 0 unspecified atom stereocenters. The molecule has 1 fully saturated rings. The molecule has 0 aromatic carbocycles. The smallest absolute Gasteiger partial charge is 0.454 e. The quantitative estimate of drug-likeness (QED) is 0.566. The Morgan fingerprint density at radius 3 is 2.37 bits per heavy atom. The van der Waals surface area contributed by atoms with E-state index >= 15 is 0 Å². The topological polar surface area (TPSA) is 55.8 Å². The summed E-state index contributed by atoms with van der Waals surface area (Å²) in [6.07, 6.45) is -4.73. The minimum absolute atomic E-state index is 0.0146. The molecule has 1 aliphatic rings. The Hall–Kier alpha value is -1.57. The van der Waals surface area contributed by atoms with Crippen LogP contribution in [-0.2, 0) is 19.1 Å². The fraction of sp³-hybridized carbons (Fsp3) is 0.636. The van der Waals surface area contributed by atoms with E-state index in [2.05, 4.69) is 4.74 Å². The summed E-state index contributed by atoms with van der Waals surface area (Å²) >= 11 is 0. The van der Waals surface area contributed by atoms with E-state index in [1.165, 1.54) is 11.8 Å². The van der Waals surface area contributed by atoms with Crippen LogP contribution in [0.4, 0.5) is 13.2 Å². The molecule has 1 saturated heterocycles. The van der Waals surface area contributed by atoms with Gasteiger partial charge in [0.05, 0.1) is 19.8 Å². The molecule has 8 heteroatoms. The molecule has 1 aliphatic heterocycles. The molecule has 0 spiro atoms. The number of ether oxygens (including phenoxy) is 2. The molecular weight excluding hydrogens is 267 g/mol. The van der Waals surface area contributed by atoms with Gasteiger partial charge in [-0.05, 0) is 6.92 Å². The van der Waals surface area contributed by atoms with Crippen LogP contribution in [0.3, 0.4) is 0 Å². The SMILES string of the molecule is CCOC(=O)C(=CC(=O)C(F)(F)F)N1CCOCC1. The molecule has 0 amide bonds. The number of halogens is 3. The van der Waals surface area contributed by atoms with E-state index < -0.39 is 17.9 Å². The van der Waals surface area contributed by atoms with Gasteiger partial charge in [-0.3, -0.25) is 4.79 Å². The van der Waals surface area contributed by atoms with Crippen molar-refractivity contribution in [3.8, 4) is 0 Å². The van der Waals surface area contributed by atoms with Gasteiger partial charge < -0.3 is 14.4 Å². The van der Waals surface area contributed by atoms with Gasteiger partial charge in [0.2, 0.25) is 0 Å². The average Bonchev–Trinajstić information content (AvgIpc) is 2.35. The van der Waals surface area contributed by atoms with Gasteiger partial charge in [-0.15, -0.1) is 0 Å². The Morgan fingerprint density at radius 2 is 1.89 bits per heavy atom. The Bertz CT molecular complexity index is 373. The molecule has 0 saturated carbocycles. The van der Waals surface area contributed by atoms with Crippen molar-refractivity contribution in [2.24, 2.45) is 0 Å². The standard InChI is InChI=1S/C11H14F3NO4/c1-2-19-10(17)8(7-9(16)11(12,13)14)15-3-5-18-6-4-15/h7H,2-6H2,1H3. The monoisotopic (exact) mass is 281 g/mol. The first-order chi connectivity index (χ1) is 8.86. The van der Waals surface area contributed by atoms with Gasteiger partial charge in [-0.25, -0.2) is 4.79 Å². The normalized spacial score (nSPS) is 17.3. The minimum atomic E-state index is -5.01. The molecule has 0 aromatic heterocycles. The van der Waals surface area contributed by atoms with Crippen LogP contribution in [0.1, 0.15) is 6.92 Å². The maximum absolute atomic E-state index is 12.2. The lowest BCUT2D eigenvalue weighted by Crippen LogP contribution is -2.39. The van der Waals surface area contributed by atoms with Gasteiger partial charge in [-0.2, -0.15) is 13.2 Å². The summed E-state index contributed by atoms with van der Waals surface area (Å²) in [5.41, 5.74) is -0.382. The maximum atomic E-state index is 12.2. The molecule has 0 N–H and O–H groups in total. The van der Waals surface area contributed by atoms with Crippen LogP contribution < -0.4 is 0 Å². The van der Waals surface area contributed by atoms with Crippen LogP contribution in [0, 0.1) is 0 Å². The lowest BCUT2D eigenvalue weighted by molar-refractivity contribution is -0.165. The van der Waals surface area contributed by atoms with Gasteiger partial charge in [-0.1, -0.05) is 0 Å². The molecule has 0 atom stereocenters. The van der Waals surface area contributed by atoms with E-state index in [1.54, 1.807) is 0 Å². The fourth-order valence-corrected chi connectivity index (χ4v) is 1.49. The average molecular weight is 281 g/mol. The van der Waals surface area contributed by atoms with Crippen molar-refractivity contribution in [1.29, 1.82) is 0 Å². The van der Waals surface area contributed by atoms with E-state index in [1.807, 2.05) is 0 Å². The second kappa shape index (κ2) is 6.55. The Morgan fingerprint density at radius 1 is 1.32 bits per heavy atom. The summed E-state index contributed by atoms with van der Waals surface area (Å²) in [6, 6.07) is 0. The van der Waals surface area contributed by atoms with Gasteiger partial charge >= 0.3 is 12.1 Å². The van der Waals surface area contributed by atoms with Crippen molar-refractivity contribution in [2.75, 3.05) is 32.9 Å². The third-order valence-corrected chi connectivity index (χ3v) is 2.38. The van der Waals surface area contributed by atoms with Gasteiger partial charge in [0.1, 0.15) is 5.70 Å². The summed E-state index contributed by atoms with van der Waals surface area (Å²) in [4.78, 5) is 23.9. The molecule has 108 valence electrons. The van der Waals surface area contributed by atoms with Crippen LogP contribution in [0.2, 0.25) is 0 Å². The Labute approximate surface area is 107 Å². The highest BCUT2D eigenvalue weighted by Crippen LogP contribution is 2.19. The number of hydrogen-bond donors (Lipinski definition) is 0. The van der Waals surface area contributed by atoms with Crippen molar-refractivity contribution in [3.63, 3.8) is 0 Å². The number of ketones is 1. The van der Waals surface area contributed by atoms with Crippen LogP contribution in [0.15, 0.2) is 11.8 Å². The first-order valence-electron chi connectivity index (χ1n) is 5.69. The lowest BCUT2D eigenvalue weighted by atomic mass is 10.2. The molecule has 0 radical (unpaired) electrons. The molecule has 19 heavy (non-hydrogen) atoms. The molecular formula is C11H14F3NO4. The number of allylic oxidation sites excluding steroid dienone is 1. The molecule has 0 aliphatic carbocycles. The molecule has 0 aromatic rings. The predicted octanol–water partition coefficient (Wildman–Crippen LogP) is 0.897. The third kappa shape index (κ3) is 4.55. The Kier molecular flexibility index (Phi) is 5.34.